The van der Waals surface area contributed by atoms with Gasteiger partial charge in [0.1, 0.15) is 0 Å². The van der Waals surface area contributed by atoms with Crippen molar-refractivity contribution in [2.45, 2.75) is 38.1 Å². The topological polar surface area (TPSA) is 177 Å². The van der Waals surface area contributed by atoms with Crippen LogP contribution < -0.4 is 16.4 Å². The van der Waals surface area contributed by atoms with Crippen LogP contribution in [0.2, 0.25) is 0 Å². The quantitative estimate of drug-likeness (QED) is 0.245. The zero-order valence-corrected chi connectivity index (χ0v) is 23.2. The first-order valence-electron chi connectivity index (χ1n) is 13.3. The van der Waals surface area contributed by atoms with Crippen LogP contribution in [0.5, 0.6) is 5.88 Å². The van der Waals surface area contributed by atoms with E-state index in [4.69, 9.17) is 11.5 Å². The second-order valence-electron chi connectivity index (χ2n) is 10.1. The number of carbonyl (C=O) groups is 2. The van der Waals surface area contributed by atoms with E-state index in [0.29, 0.717) is 47.9 Å². The third-order valence-corrected chi connectivity index (χ3v) is 7.52. The van der Waals surface area contributed by atoms with Gasteiger partial charge in [0.15, 0.2) is 0 Å². The van der Waals surface area contributed by atoms with E-state index in [-0.39, 0.29) is 36.5 Å². The summed E-state index contributed by atoms with van der Waals surface area (Å²) >= 11 is 0. The second kappa shape index (κ2) is 13.4. The maximum atomic E-state index is 13.8. The minimum atomic E-state index is -0.946. The van der Waals surface area contributed by atoms with Crippen LogP contribution in [0, 0.1) is 11.8 Å². The first kappa shape index (κ1) is 29.8. The lowest BCUT2D eigenvalue weighted by atomic mass is 9.81. The number of imide groups is 1. The van der Waals surface area contributed by atoms with E-state index < -0.39 is 11.9 Å². The van der Waals surface area contributed by atoms with Crippen LogP contribution in [-0.2, 0) is 16.0 Å². The second-order valence-corrected chi connectivity index (χ2v) is 10.1. The number of nitrogens with zero attached hydrogens (tertiary/aromatic N) is 5. The van der Waals surface area contributed by atoms with Gasteiger partial charge >= 0.3 is 0 Å². The summed E-state index contributed by atoms with van der Waals surface area (Å²) in [7, 11) is 0. The minimum Gasteiger partial charge on any atom is -0.493 e. The number of rotatable bonds is 8. The lowest BCUT2D eigenvalue weighted by Crippen LogP contribution is -2.50. The molecule has 1 aliphatic rings. The van der Waals surface area contributed by atoms with Crippen LogP contribution in [0.3, 0.4) is 0 Å². The highest BCUT2D eigenvalue weighted by Crippen LogP contribution is 2.32. The molecule has 2 aromatic heterocycles. The number of nitrogens with one attached hydrogen (secondary N) is 1. The molecule has 1 atom stereocenters. The first-order chi connectivity index (χ1) is 19.4. The molecule has 41 heavy (non-hydrogen) atoms. The average molecular weight is 577 g/mol. The van der Waals surface area contributed by atoms with E-state index in [1.54, 1.807) is 36.4 Å². The fourth-order valence-corrected chi connectivity index (χ4v) is 5.18. The molecule has 4 aromatic rings. The number of amides is 2. The van der Waals surface area contributed by atoms with Crippen molar-refractivity contribution in [2.75, 3.05) is 11.4 Å². The fraction of sp³-hybridized carbons (Fsp3) is 0.310. The number of pyridine rings is 1. The molecule has 0 spiro atoms. The Kier molecular flexibility index (Phi) is 9.77. The number of aromatic nitrogens is 5. The molecule has 1 saturated carbocycles. The molecule has 6 N–H and O–H groups in total. The smallest absolute Gasteiger partial charge is 0.251 e. The Morgan fingerprint density at radius 3 is 2.29 bits per heavy atom. The van der Waals surface area contributed by atoms with Crippen molar-refractivity contribution < 1.29 is 14.7 Å². The minimum absolute atomic E-state index is 0. The standard InChI is InChI=1S/C29H32N8O3.ClH/c30-17-19-5-9-22(10-6-19)28(39)37(23-13-11-21(12-14-23)26-33-35-36-34-26)29(40)25(31)16-18-3-7-20(8-4-18)24-2-1-15-32-27(24)38;/h1-4,7-8,11-15,19,22,25H,5-6,9-10,16-17,30-31H2,(H,32,38)(H,33,34,35,36);1H/t19-,22-,25-;/m0./s1. The Morgan fingerprint density at radius 2 is 1.68 bits per heavy atom. The normalized spacial score (nSPS) is 17.3. The summed E-state index contributed by atoms with van der Waals surface area (Å²) in [6.45, 7) is 0.602. The molecule has 11 nitrogen and oxygen atoms in total. The van der Waals surface area contributed by atoms with Gasteiger partial charge in [-0.2, -0.15) is 5.21 Å². The number of anilines is 1. The van der Waals surface area contributed by atoms with Crippen molar-refractivity contribution in [3.8, 4) is 28.4 Å². The summed E-state index contributed by atoms with van der Waals surface area (Å²) in [5.41, 5.74) is 15.7. The molecular weight excluding hydrogens is 544 g/mol. The zero-order valence-electron chi connectivity index (χ0n) is 22.4. The number of hydrogen-bond donors (Lipinski definition) is 4. The lowest BCUT2D eigenvalue weighted by molar-refractivity contribution is -0.130. The average Bonchev–Trinajstić information content (AvgIpc) is 3.53. The molecule has 1 fully saturated rings. The molecular formula is C29H33ClN8O3. The number of H-pyrrole nitrogens is 1. The van der Waals surface area contributed by atoms with Crippen molar-refractivity contribution in [3.63, 3.8) is 0 Å². The summed E-state index contributed by atoms with van der Waals surface area (Å²) in [4.78, 5) is 32.7. The number of aromatic hydroxyl groups is 1. The molecule has 2 amide bonds. The predicted molar refractivity (Wildman–Crippen MR) is 157 cm³/mol. The molecule has 5 rings (SSSR count). The Morgan fingerprint density at radius 1 is 1.00 bits per heavy atom. The van der Waals surface area contributed by atoms with Crippen molar-refractivity contribution in [2.24, 2.45) is 23.3 Å². The highest BCUT2D eigenvalue weighted by Gasteiger charge is 2.35. The highest BCUT2D eigenvalue weighted by molar-refractivity contribution is 6.17. The fourth-order valence-electron chi connectivity index (χ4n) is 5.18. The molecule has 0 saturated heterocycles. The van der Waals surface area contributed by atoms with Crippen LogP contribution in [0.4, 0.5) is 5.69 Å². The Hall–Kier alpha value is -4.19. The van der Waals surface area contributed by atoms with E-state index in [0.717, 1.165) is 24.0 Å². The number of tetrazole rings is 1. The summed E-state index contributed by atoms with van der Waals surface area (Å²) in [6, 6.07) is 16.9. The van der Waals surface area contributed by atoms with Gasteiger partial charge in [-0.1, -0.05) is 24.3 Å². The first-order valence-corrected chi connectivity index (χ1v) is 13.3. The zero-order chi connectivity index (χ0) is 28.1. The monoisotopic (exact) mass is 576 g/mol. The van der Waals surface area contributed by atoms with E-state index in [1.807, 2.05) is 24.3 Å². The predicted octanol–water partition coefficient (Wildman–Crippen LogP) is 3.25. The number of hydrogen-bond acceptors (Lipinski definition) is 9. The summed E-state index contributed by atoms with van der Waals surface area (Å²) in [6.07, 6.45) is 4.84. The van der Waals surface area contributed by atoms with Gasteiger partial charge in [0.25, 0.3) is 5.91 Å². The largest absolute Gasteiger partial charge is 0.493 e. The number of benzene rings is 2. The van der Waals surface area contributed by atoms with Crippen molar-refractivity contribution in [1.29, 1.82) is 0 Å². The van der Waals surface area contributed by atoms with Crippen molar-refractivity contribution in [1.82, 2.24) is 25.6 Å². The van der Waals surface area contributed by atoms with E-state index in [2.05, 4.69) is 25.6 Å². The Labute approximate surface area is 243 Å². The summed E-state index contributed by atoms with van der Waals surface area (Å²) in [5.74, 6) is -0.223. The third-order valence-electron chi connectivity index (χ3n) is 7.52. The molecule has 2 heterocycles. The van der Waals surface area contributed by atoms with Gasteiger partial charge in [-0.3, -0.25) is 9.59 Å². The summed E-state index contributed by atoms with van der Waals surface area (Å²) < 4.78 is 0. The molecule has 2 aromatic carbocycles. The van der Waals surface area contributed by atoms with Gasteiger partial charge in [0, 0.05) is 23.2 Å². The van der Waals surface area contributed by atoms with E-state index in [1.165, 1.54) is 11.1 Å². The van der Waals surface area contributed by atoms with Crippen LogP contribution in [-0.4, -0.2) is 55.1 Å². The SMILES string of the molecule is Cl.NC[C@H]1CC[C@H](C(=O)N(C(=O)[C@@H](N)Cc2ccc(-c3cccnc3O)cc2)c2ccc(-c3nn[nH]n3)cc2)CC1. The Bertz CT molecular complexity index is 1440. The van der Waals surface area contributed by atoms with Crippen LogP contribution in [0.1, 0.15) is 31.2 Å². The molecule has 0 bridgehead atoms. The van der Waals surface area contributed by atoms with Crippen molar-refractivity contribution >= 4 is 29.9 Å². The Balaban J connectivity index is 0.00000387. The van der Waals surface area contributed by atoms with Gasteiger partial charge in [-0.05, 0) is 97.3 Å². The number of aromatic amines is 1. The highest BCUT2D eigenvalue weighted by atomic mass is 35.5. The van der Waals surface area contributed by atoms with Gasteiger partial charge in [0.05, 0.1) is 11.7 Å². The van der Waals surface area contributed by atoms with Crippen LogP contribution in [0.15, 0.2) is 66.9 Å². The number of nitrogens with two attached hydrogens (primary N) is 2. The third kappa shape index (κ3) is 6.76. The van der Waals surface area contributed by atoms with Gasteiger partial charge in [0.2, 0.25) is 17.6 Å². The van der Waals surface area contributed by atoms with Crippen LogP contribution in [0.25, 0.3) is 22.5 Å². The maximum Gasteiger partial charge on any atom is 0.251 e. The molecule has 1 aliphatic carbocycles. The van der Waals surface area contributed by atoms with E-state index in [9.17, 15) is 14.7 Å². The molecule has 0 radical (unpaired) electrons. The van der Waals surface area contributed by atoms with Gasteiger partial charge < -0.3 is 16.6 Å². The number of carbonyl (C=O) groups excluding carboxylic acids is 2. The van der Waals surface area contributed by atoms with Gasteiger partial charge in [-0.25, -0.2) is 9.88 Å². The van der Waals surface area contributed by atoms with Crippen LogP contribution >= 0.6 is 12.4 Å². The molecule has 0 unspecified atom stereocenters. The summed E-state index contributed by atoms with van der Waals surface area (Å²) in [5, 5.41) is 24.0. The number of halogens is 1. The lowest BCUT2D eigenvalue weighted by Gasteiger charge is -2.32. The van der Waals surface area contributed by atoms with Crippen molar-refractivity contribution in [3.05, 3.63) is 72.4 Å². The van der Waals surface area contributed by atoms with E-state index >= 15 is 0 Å². The van der Waals surface area contributed by atoms with Gasteiger partial charge in [-0.15, -0.1) is 22.6 Å². The molecule has 12 heteroatoms. The molecule has 214 valence electrons. The maximum absolute atomic E-state index is 13.8. The molecule has 0 aliphatic heterocycles.